The van der Waals surface area contributed by atoms with E-state index >= 15 is 0 Å². The quantitative estimate of drug-likeness (QED) is 0.653. The molecule has 0 amide bonds. The van der Waals surface area contributed by atoms with Gasteiger partial charge >= 0.3 is 5.97 Å². The number of morpholine rings is 1. The summed E-state index contributed by atoms with van der Waals surface area (Å²) < 4.78 is 5.35. The number of hydrogen-bond acceptors (Lipinski definition) is 6. The average Bonchev–Trinajstić information content (AvgIpc) is 2.46. The Bertz CT molecular complexity index is 610. The maximum atomic E-state index is 11.0. The first-order valence-electron chi connectivity index (χ1n) is 6.28. The first-order chi connectivity index (χ1) is 10.0. The molecule has 0 bridgehead atoms. The molecule has 21 heavy (non-hydrogen) atoms. The molecular formula is C13H13N3O5. The molecule has 0 aliphatic carbocycles. The number of rotatable bonds is 4. The molecule has 0 saturated carbocycles. The third-order valence-corrected chi connectivity index (χ3v) is 3.20. The number of hydrogen-bond donors (Lipinski definition) is 1. The van der Waals surface area contributed by atoms with Gasteiger partial charge in [0.25, 0.3) is 5.69 Å². The zero-order chi connectivity index (χ0) is 15.4. The van der Waals surface area contributed by atoms with Crippen LogP contribution < -0.4 is 4.90 Å². The fourth-order valence-electron chi connectivity index (χ4n) is 2.23. The Kier molecular flexibility index (Phi) is 4.35. The smallest absolute Gasteiger partial charge is 0.306 e. The van der Waals surface area contributed by atoms with Crippen molar-refractivity contribution in [2.75, 3.05) is 24.6 Å². The highest BCUT2D eigenvalue weighted by molar-refractivity contribution is 5.67. The van der Waals surface area contributed by atoms with E-state index in [0.29, 0.717) is 25.4 Å². The van der Waals surface area contributed by atoms with Gasteiger partial charge < -0.3 is 14.7 Å². The van der Waals surface area contributed by atoms with Crippen molar-refractivity contribution in [3.63, 3.8) is 0 Å². The lowest BCUT2D eigenvalue weighted by molar-refractivity contribution is -0.385. The van der Waals surface area contributed by atoms with Crippen LogP contribution in [0.3, 0.4) is 0 Å². The number of nitriles is 1. The molecule has 0 radical (unpaired) electrons. The van der Waals surface area contributed by atoms with Crippen LogP contribution in [0.1, 0.15) is 12.0 Å². The van der Waals surface area contributed by atoms with Gasteiger partial charge in [-0.2, -0.15) is 5.26 Å². The van der Waals surface area contributed by atoms with Crippen LogP contribution >= 0.6 is 0 Å². The molecule has 0 aromatic heterocycles. The average molecular weight is 291 g/mol. The summed E-state index contributed by atoms with van der Waals surface area (Å²) in [4.78, 5) is 22.9. The molecule has 8 heteroatoms. The van der Waals surface area contributed by atoms with Crippen molar-refractivity contribution in [3.05, 3.63) is 33.9 Å². The third kappa shape index (κ3) is 3.46. The first-order valence-corrected chi connectivity index (χ1v) is 6.28. The molecule has 0 spiro atoms. The summed E-state index contributed by atoms with van der Waals surface area (Å²) in [6.45, 7) is 1.21. The van der Waals surface area contributed by atoms with Crippen LogP contribution in [0.2, 0.25) is 0 Å². The van der Waals surface area contributed by atoms with Crippen LogP contribution in [-0.4, -0.2) is 41.8 Å². The highest BCUT2D eigenvalue weighted by atomic mass is 16.6. The predicted octanol–water partition coefficient (Wildman–Crippen LogP) is 1.15. The molecule has 1 aliphatic rings. The molecule has 1 aromatic rings. The van der Waals surface area contributed by atoms with E-state index < -0.39 is 17.0 Å². The summed E-state index contributed by atoms with van der Waals surface area (Å²) >= 11 is 0. The number of nitrogens with zero attached hydrogens (tertiary/aromatic N) is 3. The molecule has 1 unspecified atom stereocenters. The number of aliphatic carboxylic acids is 1. The van der Waals surface area contributed by atoms with Crippen molar-refractivity contribution in [1.29, 1.82) is 5.26 Å². The predicted molar refractivity (Wildman–Crippen MR) is 72.0 cm³/mol. The Morgan fingerprint density at radius 2 is 2.38 bits per heavy atom. The summed E-state index contributed by atoms with van der Waals surface area (Å²) in [5.41, 5.74) is 0.328. The van der Waals surface area contributed by atoms with E-state index in [9.17, 15) is 14.9 Å². The number of nitro groups is 1. The molecule has 8 nitrogen and oxygen atoms in total. The SMILES string of the molecule is N#Cc1ccc(N2CCOC(CC(=O)O)C2)cc1[N+](=O)[O-]. The van der Waals surface area contributed by atoms with Crippen LogP contribution in [0.4, 0.5) is 11.4 Å². The fourth-order valence-corrected chi connectivity index (χ4v) is 2.23. The van der Waals surface area contributed by atoms with Gasteiger partial charge in [-0.05, 0) is 12.1 Å². The lowest BCUT2D eigenvalue weighted by Crippen LogP contribution is -2.43. The lowest BCUT2D eigenvalue weighted by atomic mass is 10.1. The number of benzene rings is 1. The van der Waals surface area contributed by atoms with Crippen LogP contribution in [0.15, 0.2) is 18.2 Å². The van der Waals surface area contributed by atoms with Crippen LogP contribution in [0, 0.1) is 21.4 Å². The first kappa shape index (κ1) is 14.7. The monoisotopic (exact) mass is 291 g/mol. The summed E-state index contributed by atoms with van der Waals surface area (Å²) in [5, 5.41) is 28.6. The molecule has 1 heterocycles. The minimum absolute atomic E-state index is 0.000838. The fraction of sp³-hybridized carbons (Fsp3) is 0.385. The van der Waals surface area contributed by atoms with Crippen molar-refractivity contribution >= 4 is 17.3 Å². The second kappa shape index (κ2) is 6.19. The van der Waals surface area contributed by atoms with E-state index in [4.69, 9.17) is 15.1 Å². The van der Waals surface area contributed by atoms with Crippen molar-refractivity contribution in [1.82, 2.24) is 0 Å². The van der Waals surface area contributed by atoms with E-state index in [1.54, 1.807) is 12.1 Å². The van der Waals surface area contributed by atoms with E-state index in [-0.39, 0.29) is 17.7 Å². The van der Waals surface area contributed by atoms with Crippen molar-refractivity contribution in [2.45, 2.75) is 12.5 Å². The number of ether oxygens (including phenoxy) is 1. The van der Waals surface area contributed by atoms with Gasteiger partial charge in [-0.15, -0.1) is 0 Å². The van der Waals surface area contributed by atoms with Gasteiger partial charge in [-0.1, -0.05) is 0 Å². The Balaban J connectivity index is 2.21. The summed E-state index contributed by atoms with van der Waals surface area (Å²) in [7, 11) is 0. The molecule has 1 atom stereocenters. The number of carboxylic acids is 1. The van der Waals surface area contributed by atoms with Gasteiger partial charge in [0.1, 0.15) is 11.6 Å². The Hall–Kier alpha value is -2.66. The Labute approximate surface area is 120 Å². The summed E-state index contributed by atoms with van der Waals surface area (Å²) in [6.07, 6.45) is -0.569. The normalized spacial score (nSPS) is 18.0. The van der Waals surface area contributed by atoms with Gasteiger partial charge in [0.15, 0.2) is 0 Å². The van der Waals surface area contributed by atoms with Crippen LogP contribution in [0.5, 0.6) is 0 Å². The van der Waals surface area contributed by atoms with Crippen LogP contribution in [-0.2, 0) is 9.53 Å². The summed E-state index contributed by atoms with van der Waals surface area (Å²) in [5.74, 6) is -0.951. The third-order valence-electron chi connectivity index (χ3n) is 3.20. The van der Waals surface area contributed by atoms with Crippen molar-refractivity contribution < 1.29 is 19.6 Å². The van der Waals surface area contributed by atoms with Crippen LogP contribution in [0.25, 0.3) is 0 Å². The molecule has 1 aromatic carbocycles. The Morgan fingerprint density at radius 3 is 3.00 bits per heavy atom. The molecule has 1 N–H and O–H groups in total. The van der Waals surface area contributed by atoms with Gasteiger partial charge in [0, 0.05) is 24.8 Å². The molecule has 110 valence electrons. The topological polar surface area (TPSA) is 117 Å². The van der Waals surface area contributed by atoms with Crippen molar-refractivity contribution in [2.24, 2.45) is 0 Å². The molecule has 1 aliphatic heterocycles. The van der Waals surface area contributed by atoms with Gasteiger partial charge in [0.05, 0.1) is 24.1 Å². The Morgan fingerprint density at radius 1 is 1.62 bits per heavy atom. The standard InChI is InChI=1S/C13H13N3O5/c14-7-9-1-2-10(5-12(9)16(19)20)15-3-4-21-11(8-15)6-13(17)18/h1-2,5,11H,3-4,6,8H2,(H,17,18). The molecule has 1 saturated heterocycles. The maximum Gasteiger partial charge on any atom is 0.306 e. The van der Waals surface area contributed by atoms with E-state index in [1.165, 1.54) is 12.1 Å². The van der Waals surface area contributed by atoms with E-state index in [0.717, 1.165) is 0 Å². The minimum atomic E-state index is -0.951. The minimum Gasteiger partial charge on any atom is -0.481 e. The highest BCUT2D eigenvalue weighted by Crippen LogP contribution is 2.26. The van der Waals surface area contributed by atoms with E-state index in [1.807, 2.05) is 4.90 Å². The maximum absolute atomic E-state index is 11.0. The zero-order valence-electron chi connectivity index (χ0n) is 11.1. The number of anilines is 1. The molecule has 1 fully saturated rings. The van der Waals surface area contributed by atoms with Gasteiger partial charge in [-0.3, -0.25) is 14.9 Å². The molecular weight excluding hydrogens is 278 g/mol. The van der Waals surface area contributed by atoms with Crippen molar-refractivity contribution in [3.8, 4) is 6.07 Å². The molecule has 2 rings (SSSR count). The summed E-state index contributed by atoms with van der Waals surface area (Å²) in [6, 6.07) is 6.13. The highest BCUT2D eigenvalue weighted by Gasteiger charge is 2.24. The van der Waals surface area contributed by atoms with Gasteiger partial charge in [0.2, 0.25) is 0 Å². The van der Waals surface area contributed by atoms with Gasteiger partial charge in [-0.25, -0.2) is 0 Å². The van der Waals surface area contributed by atoms with E-state index in [2.05, 4.69) is 0 Å². The second-order valence-electron chi connectivity index (χ2n) is 4.61. The lowest BCUT2D eigenvalue weighted by Gasteiger charge is -2.33. The number of nitro benzene ring substituents is 1. The second-order valence-corrected chi connectivity index (χ2v) is 4.61. The number of carboxylic acid groups (broad SMARTS) is 1. The number of carbonyl (C=O) groups is 1. The largest absolute Gasteiger partial charge is 0.481 e. The zero-order valence-corrected chi connectivity index (χ0v) is 11.1.